The lowest BCUT2D eigenvalue weighted by atomic mass is 10.2. The Balaban J connectivity index is 2.73. The highest BCUT2D eigenvalue weighted by Gasteiger charge is 2.20. The van der Waals surface area contributed by atoms with Gasteiger partial charge in [-0.2, -0.15) is 0 Å². The van der Waals surface area contributed by atoms with E-state index >= 15 is 0 Å². The molecule has 0 radical (unpaired) electrons. The highest BCUT2D eigenvalue weighted by molar-refractivity contribution is 7.18. The van der Waals surface area contributed by atoms with Crippen molar-refractivity contribution in [3.8, 4) is 0 Å². The Bertz CT molecular complexity index is 525. The molecule has 0 aromatic carbocycles. The highest BCUT2D eigenvalue weighted by atomic mass is 32.1. The second-order valence-electron chi connectivity index (χ2n) is 4.93. The van der Waals surface area contributed by atoms with Crippen molar-refractivity contribution in [1.29, 1.82) is 0 Å². The molecule has 0 spiro atoms. The average molecular weight is 312 g/mol. The molecule has 21 heavy (non-hydrogen) atoms. The number of aliphatic carboxylic acids is 1. The van der Waals surface area contributed by atoms with Gasteiger partial charge in [0, 0.05) is 25.9 Å². The number of thiophene rings is 1. The summed E-state index contributed by atoms with van der Waals surface area (Å²) >= 11 is 1.22. The SMILES string of the molecule is CC(=O)Nc1ccc(C(=O)N(CCCC(=O)O)C(C)C)s1. The summed E-state index contributed by atoms with van der Waals surface area (Å²) in [7, 11) is 0. The largest absolute Gasteiger partial charge is 0.481 e. The van der Waals surface area contributed by atoms with Gasteiger partial charge in [-0.1, -0.05) is 0 Å². The van der Waals surface area contributed by atoms with Crippen molar-refractivity contribution in [3.63, 3.8) is 0 Å². The van der Waals surface area contributed by atoms with Crippen LogP contribution in [0.5, 0.6) is 0 Å². The molecule has 0 saturated carbocycles. The molecule has 2 N–H and O–H groups in total. The summed E-state index contributed by atoms with van der Waals surface area (Å²) in [5.41, 5.74) is 0. The maximum atomic E-state index is 12.4. The first-order valence-corrected chi connectivity index (χ1v) is 7.53. The smallest absolute Gasteiger partial charge is 0.303 e. The quantitative estimate of drug-likeness (QED) is 0.809. The molecular formula is C14H20N2O4S. The number of carboxylic acids is 1. The second kappa shape index (κ2) is 7.78. The predicted molar refractivity (Wildman–Crippen MR) is 81.7 cm³/mol. The average Bonchev–Trinajstić information content (AvgIpc) is 2.80. The molecule has 1 rings (SSSR count). The van der Waals surface area contributed by atoms with Gasteiger partial charge < -0.3 is 15.3 Å². The zero-order valence-corrected chi connectivity index (χ0v) is 13.2. The van der Waals surface area contributed by atoms with Gasteiger partial charge in [0.15, 0.2) is 0 Å². The summed E-state index contributed by atoms with van der Waals surface area (Å²) < 4.78 is 0. The lowest BCUT2D eigenvalue weighted by molar-refractivity contribution is -0.137. The van der Waals surface area contributed by atoms with Crippen molar-refractivity contribution in [2.75, 3.05) is 11.9 Å². The molecule has 0 aliphatic rings. The fourth-order valence-corrected chi connectivity index (χ4v) is 2.74. The van der Waals surface area contributed by atoms with Gasteiger partial charge in [0.1, 0.15) is 0 Å². The normalized spacial score (nSPS) is 10.5. The van der Waals surface area contributed by atoms with Gasteiger partial charge in [0.2, 0.25) is 5.91 Å². The van der Waals surface area contributed by atoms with E-state index in [1.165, 1.54) is 18.3 Å². The van der Waals surface area contributed by atoms with E-state index in [2.05, 4.69) is 5.32 Å². The Labute approximate surface area is 127 Å². The molecule has 0 bridgehead atoms. The first kappa shape index (κ1) is 17.2. The van der Waals surface area contributed by atoms with Crippen molar-refractivity contribution in [1.82, 2.24) is 4.90 Å². The minimum absolute atomic E-state index is 0.0161. The van der Waals surface area contributed by atoms with Crippen LogP contribution in [-0.4, -0.2) is 40.4 Å². The topological polar surface area (TPSA) is 86.7 Å². The van der Waals surface area contributed by atoms with E-state index in [0.717, 1.165) is 0 Å². The number of carbonyl (C=O) groups is 3. The third-order valence-electron chi connectivity index (χ3n) is 2.79. The van der Waals surface area contributed by atoms with Crippen LogP contribution in [0.15, 0.2) is 12.1 Å². The predicted octanol–water partition coefficient (Wildman–Crippen LogP) is 2.42. The highest BCUT2D eigenvalue weighted by Crippen LogP contribution is 2.24. The third-order valence-corrected chi connectivity index (χ3v) is 3.78. The van der Waals surface area contributed by atoms with E-state index in [9.17, 15) is 14.4 Å². The number of anilines is 1. The molecule has 0 aliphatic heterocycles. The van der Waals surface area contributed by atoms with Gasteiger partial charge in [-0.3, -0.25) is 14.4 Å². The van der Waals surface area contributed by atoms with Gasteiger partial charge in [-0.05, 0) is 32.4 Å². The molecule has 116 valence electrons. The minimum atomic E-state index is -0.866. The molecule has 0 saturated heterocycles. The molecule has 2 amide bonds. The Morgan fingerprint density at radius 1 is 1.33 bits per heavy atom. The summed E-state index contributed by atoms with van der Waals surface area (Å²) in [6.45, 7) is 5.59. The standard InChI is InChI=1S/C14H20N2O4S/c1-9(2)16(8-4-5-13(18)19)14(20)11-6-7-12(21-11)15-10(3)17/h6-7,9H,4-5,8H2,1-3H3,(H,15,17)(H,18,19). The molecule has 0 atom stereocenters. The van der Waals surface area contributed by atoms with Crippen LogP contribution >= 0.6 is 11.3 Å². The summed E-state index contributed by atoms with van der Waals surface area (Å²) in [6.07, 6.45) is 0.460. The van der Waals surface area contributed by atoms with Crippen molar-refractivity contribution in [2.24, 2.45) is 0 Å². The number of hydrogen-bond donors (Lipinski definition) is 2. The van der Waals surface area contributed by atoms with Crippen molar-refractivity contribution >= 4 is 34.1 Å². The van der Waals surface area contributed by atoms with Gasteiger partial charge in [-0.15, -0.1) is 11.3 Å². The Morgan fingerprint density at radius 2 is 2.00 bits per heavy atom. The minimum Gasteiger partial charge on any atom is -0.481 e. The van der Waals surface area contributed by atoms with Crippen molar-refractivity contribution in [2.45, 2.75) is 39.7 Å². The van der Waals surface area contributed by atoms with E-state index in [1.807, 2.05) is 13.8 Å². The van der Waals surface area contributed by atoms with Gasteiger partial charge in [0.25, 0.3) is 5.91 Å². The van der Waals surface area contributed by atoms with E-state index < -0.39 is 5.97 Å². The number of nitrogens with zero attached hydrogens (tertiary/aromatic N) is 1. The monoisotopic (exact) mass is 312 g/mol. The molecule has 1 aromatic heterocycles. The summed E-state index contributed by atoms with van der Waals surface area (Å²) in [6, 6.07) is 3.34. The molecule has 0 fully saturated rings. The number of amides is 2. The number of carboxylic acid groups (broad SMARTS) is 1. The van der Waals surface area contributed by atoms with Crippen LogP contribution in [-0.2, 0) is 9.59 Å². The first-order valence-electron chi connectivity index (χ1n) is 6.71. The Morgan fingerprint density at radius 3 is 2.52 bits per heavy atom. The zero-order valence-electron chi connectivity index (χ0n) is 12.4. The van der Waals surface area contributed by atoms with Crippen LogP contribution < -0.4 is 5.32 Å². The van der Waals surface area contributed by atoms with Crippen LogP contribution in [0.4, 0.5) is 5.00 Å². The molecular weight excluding hydrogens is 292 g/mol. The Hall–Kier alpha value is -1.89. The van der Waals surface area contributed by atoms with Gasteiger partial charge >= 0.3 is 5.97 Å². The number of hydrogen-bond acceptors (Lipinski definition) is 4. The van der Waals surface area contributed by atoms with Crippen molar-refractivity contribution < 1.29 is 19.5 Å². The maximum absolute atomic E-state index is 12.4. The summed E-state index contributed by atoms with van der Waals surface area (Å²) in [5, 5.41) is 11.9. The molecule has 1 aromatic rings. The number of carbonyl (C=O) groups excluding carboxylic acids is 2. The van der Waals surface area contributed by atoms with Crippen LogP contribution in [0, 0.1) is 0 Å². The molecule has 0 unspecified atom stereocenters. The fourth-order valence-electron chi connectivity index (χ4n) is 1.83. The Kier molecular flexibility index (Phi) is 6.36. The zero-order chi connectivity index (χ0) is 16.0. The van der Waals surface area contributed by atoms with E-state index in [0.29, 0.717) is 22.8 Å². The fraction of sp³-hybridized carbons (Fsp3) is 0.500. The third kappa shape index (κ3) is 5.55. The maximum Gasteiger partial charge on any atom is 0.303 e. The molecule has 6 nitrogen and oxygen atoms in total. The lowest BCUT2D eigenvalue weighted by Gasteiger charge is -2.26. The van der Waals surface area contributed by atoms with Crippen LogP contribution in [0.1, 0.15) is 43.3 Å². The van der Waals surface area contributed by atoms with Crippen LogP contribution in [0.3, 0.4) is 0 Å². The van der Waals surface area contributed by atoms with E-state index in [4.69, 9.17) is 5.11 Å². The van der Waals surface area contributed by atoms with Crippen LogP contribution in [0.2, 0.25) is 0 Å². The lowest BCUT2D eigenvalue weighted by Crippen LogP contribution is -2.37. The van der Waals surface area contributed by atoms with E-state index in [-0.39, 0.29) is 24.3 Å². The number of nitrogens with one attached hydrogen (secondary N) is 1. The van der Waals surface area contributed by atoms with Crippen LogP contribution in [0.25, 0.3) is 0 Å². The summed E-state index contributed by atoms with van der Waals surface area (Å²) in [4.78, 5) is 36.2. The number of rotatable bonds is 7. The second-order valence-corrected chi connectivity index (χ2v) is 6.02. The van der Waals surface area contributed by atoms with Crippen molar-refractivity contribution in [3.05, 3.63) is 17.0 Å². The molecule has 0 aliphatic carbocycles. The molecule has 1 heterocycles. The van der Waals surface area contributed by atoms with Gasteiger partial charge in [0.05, 0.1) is 9.88 Å². The van der Waals surface area contributed by atoms with Gasteiger partial charge in [-0.25, -0.2) is 0 Å². The van der Waals surface area contributed by atoms with E-state index in [1.54, 1.807) is 17.0 Å². The first-order chi connectivity index (χ1) is 9.81. The molecule has 7 heteroatoms. The summed E-state index contributed by atoms with van der Waals surface area (Å²) in [5.74, 6) is -1.19.